The van der Waals surface area contributed by atoms with Crippen LogP contribution in [0.5, 0.6) is 5.75 Å². The molecule has 1 aromatic carbocycles. The summed E-state index contributed by atoms with van der Waals surface area (Å²) in [4.78, 5) is 11.9. The topological polar surface area (TPSA) is 64.3 Å². The summed E-state index contributed by atoms with van der Waals surface area (Å²) >= 11 is 0. The molecule has 0 bridgehead atoms. The predicted octanol–water partition coefficient (Wildman–Crippen LogP) is 2.48. The molecule has 0 saturated heterocycles. The third-order valence-electron chi connectivity index (χ3n) is 3.01. The molecule has 1 rings (SSSR count). The van der Waals surface area contributed by atoms with E-state index in [1.54, 1.807) is 6.92 Å². The summed E-state index contributed by atoms with van der Waals surface area (Å²) in [6, 6.07) is 4.26. The van der Waals surface area contributed by atoms with Crippen molar-refractivity contribution in [3.8, 4) is 5.75 Å². The van der Waals surface area contributed by atoms with Crippen molar-refractivity contribution in [2.24, 2.45) is 0 Å². The van der Waals surface area contributed by atoms with Crippen LogP contribution in [0.3, 0.4) is 0 Å². The van der Waals surface area contributed by atoms with Crippen molar-refractivity contribution in [2.75, 3.05) is 5.73 Å². The number of hydrogen-bond donors (Lipinski definition) is 2. The van der Waals surface area contributed by atoms with E-state index in [0.717, 1.165) is 6.42 Å². The van der Waals surface area contributed by atoms with Gasteiger partial charge >= 0.3 is 0 Å². The maximum absolute atomic E-state index is 13.5. The van der Waals surface area contributed by atoms with Gasteiger partial charge in [0.1, 0.15) is 0 Å². The van der Waals surface area contributed by atoms with Crippen molar-refractivity contribution in [3.05, 3.63) is 24.0 Å². The van der Waals surface area contributed by atoms with E-state index >= 15 is 0 Å². The van der Waals surface area contributed by atoms with Crippen LogP contribution in [0.25, 0.3) is 0 Å². The van der Waals surface area contributed by atoms with Crippen LogP contribution < -0.4 is 15.8 Å². The number of anilines is 1. The first kappa shape index (κ1) is 15.3. The fourth-order valence-corrected chi connectivity index (χ4v) is 1.40. The number of amides is 1. The molecule has 4 nitrogen and oxygen atoms in total. The molecule has 1 atom stereocenters. The summed E-state index contributed by atoms with van der Waals surface area (Å²) in [5, 5.41) is 2.84. The lowest BCUT2D eigenvalue weighted by Crippen LogP contribution is -2.48. The standard InChI is InChI=1S/C14H21FN2O2/c1-5-14(3,4)17-13(18)9(2)19-12-10(15)7-6-8-11(12)16/h6-9H,5,16H2,1-4H3,(H,17,18). The monoisotopic (exact) mass is 268 g/mol. The SMILES string of the molecule is CCC(C)(C)NC(=O)C(C)Oc1c(N)cccc1F. The van der Waals surface area contributed by atoms with E-state index in [1.807, 2.05) is 20.8 Å². The third kappa shape index (κ3) is 4.12. The van der Waals surface area contributed by atoms with E-state index < -0.39 is 11.9 Å². The first-order chi connectivity index (χ1) is 8.76. The van der Waals surface area contributed by atoms with E-state index in [1.165, 1.54) is 18.2 Å². The normalized spacial score (nSPS) is 12.9. The maximum atomic E-state index is 13.5. The highest BCUT2D eigenvalue weighted by Gasteiger charge is 2.24. The minimum absolute atomic E-state index is 0.0838. The Hall–Kier alpha value is -1.78. The van der Waals surface area contributed by atoms with Crippen LogP contribution in [0, 0.1) is 5.82 Å². The Kier molecular flexibility index (Phi) is 4.75. The van der Waals surface area contributed by atoms with Crippen molar-refractivity contribution in [1.29, 1.82) is 0 Å². The molecule has 0 heterocycles. The summed E-state index contributed by atoms with van der Waals surface area (Å²) in [6.07, 6.45) is -0.0298. The van der Waals surface area contributed by atoms with Gasteiger partial charge in [-0.05, 0) is 39.3 Å². The van der Waals surface area contributed by atoms with E-state index in [4.69, 9.17) is 10.5 Å². The second-order valence-electron chi connectivity index (χ2n) is 5.14. The molecular weight excluding hydrogens is 247 g/mol. The van der Waals surface area contributed by atoms with Crippen molar-refractivity contribution in [3.63, 3.8) is 0 Å². The Morgan fingerprint density at radius 1 is 1.53 bits per heavy atom. The van der Waals surface area contributed by atoms with Crippen LogP contribution in [0.1, 0.15) is 34.1 Å². The molecular formula is C14H21FN2O2. The molecule has 3 N–H and O–H groups in total. The number of benzene rings is 1. The Balaban J connectivity index is 2.75. The van der Waals surface area contributed by atoms with Gasteiger partial charge in [-0.25, -0.2) is 4.39 Å². The molecule has 19 heavy (non-hydrogen) atoms. The molecule has 0 saturated carbocycles. The average molecular weight is 268 g/mol. The molecule has 0 aromatic heterocycles. The summed E-state index contributed by atoms with van der Waals surface area (Å²) < 4.78 is 18.9. The van der Waals surface area contributed by atoms with Crippen LogP contribution >= 0.6 is 0 Å². The van der Waals surface area contributed by atoms with Gasteiger partial charge in [0.2, 0.25) is 0 Å². The second kappa shape index (κ2) is 5.91. The van der Waals surface area contributed by atoms with Crippen LogP contribution in [0.4, 0.5) is 10.1 Å². The third-order valence-corrected chi connectivity index (χ3v) is 3.01. The second-order valence-corrected chi connectivity index (χ2v) is 5.14. The van der Waals surface area contributed by atoms with Gasteiger partial charge in [-0.15, -0.1) is 0 Å². The van der Waals surface area contributed by atoms with Crippen molar-refractivity contribution in [2.45, 2.75) is 45.8 Å². The van der Waals surface area contributed by atoms with Gasteiger partial charge in [-0.1, -0.05) is 13.0 Å². The first-order valence-electron chi connectivity index (χ1n) is 6.29. The maximum Gasteiger partial charge on any atom is 0.261 e. The first-order valence-corrected chi connectivity index (χ1v) is 6.29. The zero-order valence-corrected chi connectivity index (χ0v) is 11.8. The van der Waals surface area contributed by atoms with E-state index in [-0.39, 0.29) is 22.9 Å². The van der Waals surface area contributed by atoms with E-state index in [9.17, 15) is 9.18 Å². The number of ether oxygens (including phenoxy) is 1. The average Bonchev–Trinajstić information content (AvgIpc) is 2.33. The van der Waals surface area contributed by atoms with Crippen molar-refractivity contribution < 1.29 is 13.9 Å². The minimum atomic E-state index is -0.815. The number of nitrogens with two attached hydrogens (primary N) is 1. The summed E-state index contributed by atoms with van der Waals surface area (Å²) in [5.74, 6) is -0.955. The Bertz CT molecular complexity index is 441. The summed E-state index contributed by atoms with van der Waals surface area (Å²) in [5.41, 5.74) is 5.48. The number of nitrogen functional groups attached to an aromatic ring is 1. The van der Waals surface area contributed by atoms with Crippen LogP contribution in [-0.2, 0) is 4.79 Å². The van der Waals surface area contributed by atoms with Gasteiger partial charge in [0.15, 0.2) is 17.7 Å². The zero-order chi connectivity index (χ0) is 14.6. The fraction of sp³-hybridized carbons (Fsp3) is 0.500. The molecule has 0 aliphatic carbocycles. The summed E-state index contributed by atoms with van der Waals surface area (Å²) in [6.45, 7) is 7.36. The highest BCUT2D eigenvalue weighted by molar-refractivity contribution is 5.81. The van der Waals surface area contributed by atoms with Gasteiger partial charge in [0.25, 0.3) is 5.91 Å². The summed E-state index contributed by atoms with van der Waals surface area (Å²) in [7, 11) is 0. The number of nitrogens with one attached hydrogen (secondary N) is 1. The highest BCUT2D eigenvalue weighted by Crippen LogP contribution is 2.25. The molecule has 106 valence electrons. The molecule has 0 fully saturated rings. The van der Waals surface area contributed by atoms with E-state index in [2.05, 4.69) is 5.32 Å². The molecule has 5 heteroatoms. The smallest absolute Gasteiger partial charge is 0.261 e. The van der Waals surface area contributed by atoms with Crippen molar-refractivity contribution in [1.82, 2.24) is 5.32 Å². The molecule has 1 amide bonds. The quantitative estimate of drug-likeness (QED) is 0.806. The molecule has 1 aromatic rings. The molecule has 0 radical (unpaired) electrons. The number of halogens is 1. The highest BCUT2D eigenvalue weighted by atomic mass is 19.1. The molecule has 1 unspecified atom stereocenters. The minimum Gasteiger partial charge on any atom is -0.476 e. The lowest BCUT2D eigenvalue weighted by atomic mass is 10.0. The zero-order valence-electron chi connectivity index (χ0n) is 11.8. The predicted molar refractivity (Wildman–Crippen MR) is 73.4 cm³/mol. The fourth-order valence-electron chi connectivity index (χ4n) is 1.40. The Morgan fingerprint density at radius 2 is 2.16 bits per heavy atom. The van der Waals surface area contributed by atoms with Gasteiger partial charge in [-0.2, -0.15) is 0 Å². The molecule has 0 aliphatic heterocycles. The molecule has 0 spiro atoms. The number of para-hydroxylation sites is 1. The number of carbonyl (C=O) groups is 1. The Morgan fingerprint density at radius 3 is 2.68 bits per heavy atom. The lowest BCUT2D eigenvalue weighted by Gasteiger charge is -2.26. The number of hydrogen-bond acceptors (Lipinski definition) is 3. The lowest BCUT2D eigenvalue weighted by molar-refractivity contribution is -0.129. The van der Waals surface area contributed by atoms with E-state index in [0.29, 0.717) is 0 Å². The van der Waals surface area contributed by atoms with Gasteiger partial charge in [-0.3, -0.25) is 4.79 Å². The van der Waals surface area contributed by atoms with Gasteiger partial charge in [0, 0.05) is 5.54 Å². The van der Waals surface area contributed by atoms with Crippen LogP contribution in [0.15, 0.2) is 18.2 Å². The Labute approximate surface area is 113 Å². The number of carbonyl (C=O) groups excluding carboxylic acids is 1. The molecule has 0 aliphatic rings. The van der Waals surface area contributed by atoms with Crippen molar-refractivity contribution >= 4 is 11.6 Å². The van der Waals surface area contributed by atoms with Gasteiger partial charge < -0.3 is 15.8 Å². The largest absolute Gasteiger partial charge is 0.476 e. The van der Waals surface area contributed by atoms with Gasteiger partial charge in [0.05, 0.1) is 5.69 Å². The van der Waals surface area contributed by atoms with Crippen LogP contribution in [-0.4, -0.2) is 17.6 Å². The van der Waals surface area contributed by atoms with Crippen LogP contribution in [0.2, 0.25) is 0 Å². The number of rotatable bonds is 5.